The van der Waals surface area contributed by atoms with Crippen molar-refractivity contribution in [1.82, 2.24) is 14.8 Å². The summed E-state index contributed by atoms with van der Waals surface area (Å²) in [4.78, 5) is 31.6. The SMILES string of the molecule is C=CC(=O)N(CC)CC(=O)N1CCC(Oc2ncccc2C)CC1. The first-order valence-corrected chi connectivity index (χ1v) is 8.32. The van der Waals surface area contributed by atoms with Gasteiger partial charge in [0, 0.05) is 44.2 Å². The Morgan fingerprint density at radius 3 is 2.75 bits per heavy atom. The smallest absolute Gasteiger partial charge is 0.246 e. The lowest BCUT2D eigenvalue weighted by atomic mass is 10.1. The van der Waals surface area contributed by atoms with Gasteiger partial charge in [-0.15, -0.1) is 0 Å². The van der Waals surface area contributed by atoms with Crippen LogP contribution in [0.15, 0.2) is 31.0 Å². The van der Waals surface area contributed by atoms with Crippen LogP contribution in [0, 0.1) is 6.92 Å². The summed E-state index contributed by atoms with van der Waals surface area (Å²) in [6.07, 6.45) is 4.56. The number of rotatable bonds is 6. The molecule has 2 rings (SSSR count). The van der Waals surface area contributed by atoms with Gasteiger partial charge in [0.1, 0.15) is 6.10 Å². The highest BCUT2D eigenvalue weighted by atomic mass is 16.5. The summed E-state index contributed by atoms with van der Waals surface area (Å²) < 4.78 is 5.95. The molecule has 24 heavy (non-hydrogen) atoms. The van der Waals surface area contributed by atoms with Gasteiger partial charge < -0.3 is 14.5 Å². The molecule has 1 saturated heterocycles. The van der Waals surface area contributed by atoms with Crippen molar-refractivity contribution in [3.8, 4) is 5.88 Å². The number of likely N-dealkylation sites (tertiary alicyclic amines) is 1. The molecule has 0 N–H and O–H groups in total. The van der Waals surface area contributed by atoms with Crippen LogP contribution in [0.5, 0.6) is 5.88 Å². The van der Waals surface area contributed by atoms with Gasteiger partial charge in [0.15, 0.2) is 0 Å². The Labute approximate surface area is 143 Å². The monoisotopic (exact) mass is 331 g/mol. The van der Waals surface area contributed by atoms with E-state index in [0.717, 1.165) is 18.4 Å². The van der Waals surface area contributed by atoms with Crippen molar-refractivity contribution in [2.24, 2.45) is 0 Å². The van der Waals surface area contributed by atoms with E-state index in [4.69, 9.17) is 4.74 Å². The summed E-state index contributed by atoms with van der Waals surface area (Å²) in [6, 6.07) is 3.85. The molecule has 0 atom stereocenters. The van der Waals surface area contributed by atoms with E-state index in [-0.39, 0.29) is 24.5 Å². The van der Waals surface area contributed by atoms with E-state index in [1.807, 2.05) is 26.0 Å². The van der Waals surface area contributed by atoms with E-state index >= 15 is 0 Å². The van der Waals surface area contributed by atoms with Crippen LogP contribution in [0.4, 0.5) is 0 Å². The molecule has 0 radical (unpaired) electrons. The van der Waals surface area contributed by atoms with E-state index < -0.39 is 0 Å². The number of ether oxygens (including phenoxy) is 1. The van der Waals surface area contributed by atoms with Crippen LogP contribution in [0.25, 0.3) is 0 Å². The Hall–Kier alpha value is -2.37. The number of nitrogens with zero attached hydrogens (tertiary/aromatic N) is 3. The molecule has 6 nitrogen and oxygen atoms in total. The quantitative estimate of drug-likeness (QED) is 0.746. The summed E-state index contributed by atoms with van der Waals surface area (Å²) in [7, 11) is 0. The molecular formula is C18H25N3O3. The van der Waals surface area contributed by atoms with E-state index in [9.17, 15) is 9.59 Å². The van der Waals surface area contributed by atoms with Crippen molar-refractivity contribution in [3.63, 3.8) is 0 Å². The standard InChI is InChI=1S/C18H25N3O3/c1-4-16(22)20(5-2)13-17(23)21-11-8-15(9-12-21)24-18-14(3)7-6-10-19-18/h4,6-7,10,15H,1,5,8-9,11-13H2,2-3H3. The second kappa shape index (κ2) is 8.47. The summed E-state index contributed by atoms with van der Waals surface area (Å²) in [5.74, 6) is 0.422. The van der Waals surface area contributed by atoms with Crippen molar-refractivity contribution < 1.29 is 14.3 Å². The fourth-order valence-corrected chi connectivity index (χ4v) is 2.71. The average Bonchev–Trinajstić information content (AvgIpc) is 2.61. The van der Waals surface area contributed by atoms with Crippen LogP contribution in [0.1, 0.15) is 25.3 Å². The van der Waals surface area contributed by atoms with Gasteiger partial charge in [0.2, 0.25) is 17.7 Å². The normalized spacial score (nSPS) is 15.0. The van der Waals surface area contributed by atoms with Crippen molar-refractivity contribution in [2.75, 3.05) is 26.2 Å². The third-order valence-corrected chi connectivity index (χ3v) is 4.23. The molecule has 1 aromatic rings. The molecule has 0 aliphatic carbocycles. The number of aryl methyl sites for hydroxylation is 1. The molecule has 6 heteroatoms. The zero-order valence-corrected chi connectivity index (χ0v) is 14.4. The van der Waals surface area contributed by atoms with Gasteiger partial charge in [-0.1, -0.05) is 12.6 Å². The van der Waals surface area contributed by atoms with Gasteiger partial charge in [-0.05, 0) is 26.0 Å². The third-order valence-electron chi connectivity index (χ3n) is 4.23. The van der Waals surface area contributed by atoms with E-state index in [0.29, 0.717) is 25.5 Å². The molecule has 0 aromatic carbocycles. The molecule has 2 heterocycles. The molecule has 130 valence electrons. The molecule has 0 unspecified atom stereocenters. The highest BCUT2D eigenvalue weighted by Crippen LogP contribution is 2.20. The minimum atomic E-state index is -0.213. The first-order chi connectivity index (χ1) is 11.5. The minimum absolute atomic E-state index is 0.0282. The molecule has 2 amide bonds. The molecule has 0 bridgehead atoms. The number of pyridine rings is 1. The van der Waals surface area contributed by atoms with Gasteiger partial charge in [0.05, 0.1) is 6.54 Å². The zero-order chi connectivity index (χ0) is 17.5. The summed E-state index contributed by atoms with van der Waals surface area (Å²) in [5, 5.41) is 0. The largest absolute Gasteiger partial charge is 0.474 e. The number of carbonyl (C=O) groups excluding carboxylic acids is 2. The van der Waals surface area contributed by atoms with Gasteiger partial charge >= 0.3 is 0 Å². The Kier molecular flexibility index (Phi) is 6.35. The van der Waals surface area contributed by atoms with Crippen molar-refractivity contribution in [3.05, 3.63) is 36.5 Å². The van der Waals surface area contributed by atoms with Gasteiger partial charge in [0.25, 0.3) is 0 Å². The van der Waals surface area contributed by atoms with Crippen LogP contribution in [0.2, 0.25) is 0 Å². The van der Waals surface area contributed by atoms with Crippen molar-refractivity contribution in [2.45, 2.75) is 32.8 Å². The number of hydrogen-bond donors (Lipinski definition) is 0. The first-order valence-electron chi connectivity index (χ1n) is 8.32. The Morgan fingerprint density at radius 2 is 2.17 bits per heavy atom. The van der Waals surface area contributed by atoms with Gasteiger partial charge in [-0.3, -0.25) is 9.59 Å². The zero-order valence-electron chi connectivity index (χ0n) is 14.4. The molecule has 1 fully saturated rings. The predicted molar refractivity (Wildman–Crippen MR) is 91.7 cm³/mol. The number of likely N-dealkylation sites (N-methyl/N-ethyl adjacent to an activating group) is 1. The molecule has 0 spiro atoms. The topological polar surface area (TPSA) is 62.7 Å². The average molecular weight is 331 g/mol. The Balaban J connectivity index is 1.83. The lowest BCUT2D eigenvalue weighted by Crippen LogP contribution is -2.47. The van der Waals surface area contributed by atoms with Crippen LogP contribution in [-0.4, -0.2) is 58.9 Å². The van der Waals surface area contributed by atoms with Crippen LogP contribution in [-0.2, 0) is 9.59 Å². The van der Waals surface area contributed by atoms with Crippen molar-refractivity contribution >= 4 is 11.8 Å². The van der Waals surface area contributed by atoms with Crippen LogP contribution in [0.3, 0.4) is 0 Å². The van der Waals surface area contributed by atoms with Crippen LogP contribution >= 0.6 is 0 Å². The van der Waals surface area contributed by atoms with E-state index in [2.05, 4.69) is 11.6 Å². The van der Waals surface area contributed by atoms with Gasteiger partial charge in [-0.25, -0.2) is 4.98 Å². The number of carbonyl (C=O) groups is 2. The molecular weight excluding hydrogens is 306 g/mol. The van der Waals surface area contributed by atoms with E-state index in [1.54, 1.807) is 11.1 Å². The number of amides is 2. The fourth-order valence-electron chi connectivity index (χ4n) is 2.71. The van der Waals surface area contributed by atoms with Crippen LogP contribution < -0.4 is 4.74 Å². The maximum Gasteiger partial charge on any atom is 0.246 e. The lowest BCUT2D eigenvalue weighted by molar-refractivity contribution is -0.139. The lowest BCUT2D eigenvalue weighted by Gasteiger charge is -2.33. The summed E-state index contributed by atoms with van der Waals surface area (Å²) in [5.41, 5.74) is 1.01. The first kappa shape index (κ1) is 18.0. The third kappa shape index (κ3) is 4.57. The van der Waals surface area contributed by atoms with E-state index in [1.165, 1.54) is 11.0 Å². The molecule has 1 aliphatic heterocycles. The van der Waals surface area contributed by atoms with Crippen molar-refractivity contribution in [1.29, 1.82) is 0 Å². The Bertz CT molecular complexity index is 595. The molecule has 1 aromatic heterocycles. The Morgan fingerprint density at radius 1 is 1.46 bits per heavy atom. The highest BCUT2D eigenvalue weighted by Gasteiger charge is 2.26. The fraction of sp³-hybridized carbons (Fsp3) is 0.500. The maximum atomic E-state index is 12.4. The molecule has 1 aliphatic rings. The minimum Gasteiger partial charge on any atom is -0.474 e. The highest BCUT2D eigenvalue weighted by molar-refractivity contribution is 5.90. The summed E-state index contributed by atoms with van der Waals surface area (Å²) in [6.45, 7) is 9.15. The number of hydrogen-bond acceptors (Lipinski definition) is 4. The number of piperidine rings is 1. The predicted octanol–water partition coefficient (Wildman–Crippen LogP) is 1.79. The second-order valence-electron chi connectivity index (χ2n) is 5.88. The summed E-state index contributed by atoms with van der Waals surface area (Å²) >= 11 is 0. The second-order valence-corrected chi connectivity index (χ2v) is 5.88. The number of aromatic nitrogens is 1. The van der Waals surface area contributed by atoms with Gasteiger partial charge in [-0.2, -0.15) is 0 Å². The molecule has 0 saturated carbocycles. The maximum absolute atomic E-state index is 12.4.